The van der Waals surface area contributed by atoms with Gasteiger partial charge in [-0.3, -0.25) is 4.79 Å². The fourth-order valence-corrected chi connectivity index (χ4v) is 2.56. The molecule has 2 rings (SSSR count). The predicted octanol–water partition coefficient (Wildman–Crippen LogP) is 2.85. The third kappa shape index (κ3) is 5.21. The second-order valence-electron chi connectivity index (χ2n) is 4.72. The van der Waals surface area contributed by atoms with E-state index in [4.69, 9.17) is 4.74 Å². The van der Waals surface area contributed by atoms with E-state index < -0.39 is 6.09 Å². The van der Waals surface area contributed by atoms with Crippen LogP contribution in [0.3, 0.4) is 0 Å². The van der Waals surface area contributed by atoms with E-state index in [1.807, 2.05) is 54.8 Å². The molecular formula is C16H18N2O3S. The number of nitrogens with one attached hydrogen (secondary N) is 2. The first-order valence-electron chi connectivity index (χ1n) is 6.92. The maximum Gasteiger partial charge on any atom is 0.407 e. The number of rotatable bonds is 6. The molecule has 1 aromatic carbocycles. The molecule has 2 N–H and O–H groups in total. The van der Waals surface area contributed by atoms with Crippen molar-refractivity contribution in [1.29, 1.82) is 0 Å². The lowest BCUT2D eigenvalue weighted by atomic mass is 10.2. The van der Waals surface area contributed by atoms with Crippen molar-refractivity contribution < 1.29 is 14.3 Å². The van der Waals surface area contributed by atoms with Crippen molar-refractivity contribution in [3.8, 4) is 0 Å². The van der Waals surface area contributed by atoms with Crippen LogP contribution in [0.2, 0.25) is 0 Å². The minimum atomic E-state index is -0.609. The summed E-state index contributed by atoms with van der Waals surface area (Å²) in [5, 5.41) is 7.20. The summed E-state index contributed by atoms with van der Waals surface area (Å²) in [6, 6.07) is 13.2. The molecule has 0 spiro atoms. The zero-order valence-corrected chi connectivity index (χ0v) is 13.1. The van der Waals surface area contributed by atoms with Gasteiger partial charge in [0, 0.05) is 4.88 Å². The number of amides is 2. The predicted molar refractivity (Wildman–Crippen MR) is 85.5 cm³/mol. The standard InChI is InChI=1S/C16H18N2O3S/c1-12(14-8-5-9-22-14)18-15(19)10-17-16(20)21-11-13-6-3-2-4-7-13/h2-9,12H,10-11H2,1H3,(H,17,20)(H,18,19)/t12-/m0/s1. The Kier molecular flexibility index (Phi) is 5.97. The van der Waals surface area contributed by atoms with Crippen LogP contribution in [0.15, 0.2) is 47.8 Å². The highest BCUT2D eigenvalue weighted by atomic mass is 32.1. The van der Waals surface area contributed by atoms with Gasteiger partial charge in [-0.2, -0.15) is 0 Å². The van der Waals surface area contributed by atoms with Crippen molar-refractivity contribution in [3.63, 3.8) is 0 Å². The van der Waals surface area contributed by atoms with E-state index in [1.165, 1.54) is 0 Å². The van der Waals surface area contributed by atoms with Gasteiger partial charge in [0.25, 0.3) is 0 Å². The van der Waals surface area contributed by atoms with Gasteiger partial charge in [-0.05, 0) is 23.9 Å². The second kappa shape index (κ2) is 8.19. The topological polar surface area (TPSA) is 67.4 Å². The average molecular weight is 318 g/mol. The number of carbonyl (C=O) groups is 2. The minimum Gasteiger partial charge on any atom is -0.445 e. The molecule has 0 radical (unpaired) electrons. The van der Waals surface area contributed by atoms with Crippen LogP contribution in [-0.4, -0.2) is 18.5 Å². The number of ether oxygens (including phenoxy) is 1. The van der Waals surface area contributed by atoms with Gasteiger partial charge < -0.3 is 15.4 Å². The van der Waals surface area contributed by atoms with Crippen LogP contribution in [0.5, 0.6) is 0 Å². The van der Waals surface area contributed by atoms with Crippen molar-refractivity contribution in [2.75, 3.05) is 6.54 Å². The van der Waals surface area contributed by atoms with Crippen molar-refractivity contribution in [3.05, 3.63) is 58.3 Å². The van der Waals surface area contributed by atoms with Crippen molar-refractivity contribution >= 4 is 23.3 Å². The molecule has 0 bridgehead atoms. The fourth-order valence-electron chi connectivity index (χ4n) is 1.83. The molecule has 0 aliphatic heterocycles. The largest absolute Gasteiger partial charge is 0.445 e. The van der Waals surface area contributed by atoms with E-state index >= 15 is 0 Å². The van der Waals surface area contributed by atoms with Crippen molar-refractivity contribution in [1.82, 2.24) is 10.6 Å². The fraction of sp³-hybridized carbons (Fsp3) is 0.250. The molecule has 0 saturated carbocycles. The molecule has 5 nitrogen and oxygen atoms in total. The monoisotopic (exact) mass is 318 g/mol. The Morgan fingerprint density at radius 2 is 1.95 bits per heavy atom. The first kappa shape index (κ1) is 16.0. The van der Waals surface area contributed by atoms with Crippen LogP contribution in [-0.2, 0) is 16.1 Å². The molecule has 1 aromatic heterocycles. The van der Waals surface area contributed by atoms with E-state index in [9.17, 15) is 9.59 Å². The van der Waals surface area contributed by atoms with Gasteiger partial charge in [0.2, 0.25) is 5.91 Å². The lowest BCUT2D eigenvalue weighted by Gasteiger charge is -2.12. The maximum atomic E-state index is 11.8. The second-order valence-corrected chi connectivity index (χ2v) is 5.70. The van der Waals surface area contributed by atoms with Gasteiger partial charge in [0.05, 0.1) is 6.04 Å². The van der Waals surface area contributed by atoms with Gasteiger partial charge in [-0.15, -0.1) is 11.3 Å². The first-order chi connectivity index (χ1) is 10.6. The van der Waals surface area contributed by atoms with E-state index in [2.05, 4.69) is 10.6 Å². The summed E-state index contributed by atoms with van der Waals surface area (Å²) in [7, 11) is 0. The number of hydrogen-bond acceptors (Lipinski definition) is 4. The Labute approximate surface area is 133 Å². The Morgan fingerprint density at radius 3 is 2.64 bits per heavy atom. The normalized spacial score (nSPS) is 11.5. The van der Waals surface area contributed by atoms with E-state index in [0.29, 0.717) is 0 Å². The summed E-state index contributed by atoms with van der Waals surface area (Å²) in [4.78, 5) is 24.3. The molecule has 0 fully saturated rings. The summed E-state index contributed by atoms with van der Waals surface area (Å²) in [6.45, 7) is 1.97. The number of carbonyl (C=O) groups excluding carboxylic acids is 2. The Balaban J connectivity index is 1.66. The molecule has 1 heterocycles. The molecular weight excluding hydrogens is 300 g/mol. The summed E-state index contributed by atoms with van der Waals surface area (Å²) < 4.78 is 5.03. The van der Waals surface area contributed by atoms with Crippen LogP contribution in [0.4, 0.5) is 4.79 Å². The van der Waals surface area contributed by atoms with Crippen LogP contribution in [0, 0.1) is 0 Å². The molecule has 0 aliphatic rings. The van der Waals surface area contributed by atoms with E-state index in [-0.39, 0.29) is 25.1 Å². The van der Waals surface area contributed by atoms with E-state index in [1.54, 1.807) is 11.3 Å². The molecule has 2 aromatic rings. The summed E-state index contributed by atoms with van der Waals surface area (Å²) >= 11 is 1.58. The van der Waals surface area contributed by atoms with Gasteiger partial charge >= 0.3 is 6.09 Å². The summed E-state index contributed by atoms with van der Waals surface area (Å²) in [5.74, 6) is -0.252. The van der Waals surface area contributed by atoms with Crippen molar-refractivity contribution in [2.24, 2.45) is 0 Å². The highest BCUT2D eigenvalue weighted by molar-refractivity contribution is 7.10. The van der Waals surface area contributed by atoms with Gasteiger partial charge in [-0.1, -0.05) is 36.4 Å². The van der Waals surface area contributed by atoms with Gasteiger partial charge in [0.1, 0.15) is 13.2 Å². The summed E-state index contributed by atoms with van der Waals surface area (Å²) in [6.07, 6.45) is -0.609. The quantitative estimate of drug-likeness (QED) is 0.860. The van der Waals surface area contributed by atoms with Gasteiger partial charge in [0.15, 0.2) is 0 Å². The Hall–Kier alpha value is -2.34. The highest BCUT2D eigenvalue weighted by Gasteiger charge is 2.11. The zero-order valence-electron chi connectivity index (χ0n) is 12.2. The number of hydrogen-bond donors (Lipinski definition) is 2. The molecule has 6 heteroatoms. The van der Waals surface area contributed by atoms with Crippen LogP contribution in [0.25, 0.3) is 0 Å². The molecule has 22 heavy (non-hydrogen) atoms. The number of thiophene rings is 1. The molecule has 116 valence electrons. The Bertz CT molecular complexity index is 599. The first-order valence-corrected chi connectivity index (χ1v) is 7.80. The van der Waals surface area contributed by atoms with Gasteiger partial charge in [-0.25, -0.2) is 4.79 Å². The average Bonchev–Trinajstić information content (AvgIpc) is 3.06. The lowest BCUT2D eigenvalue weighted by molar-refractivity contribution is -0.120. The molecule has 0 aliphatic carbocycles. The molecule has 2 amide bonds. The molecule has 0 unspecified atom stereocenters. The SMILES string of the molecule is C[C@H](NC(=O)CNC(=O)OCc1ccccc1)c1cccs1. The van der Waals surface area contributed by atoms with E-state index in [0.717, 1.165) is 10.4 Å². The summed E-state index contributed by atoms with van der Waals surface area (Å²) in [5.41, 5.74) is 0.897. The minimum absolute atomic E-state index is 0.0744. The van der Waals surface area contributed by atoms with Crippen LogP contribution in [0.1, 0.15) is 23.4 Å². The van der Waals surface area contributed by atoms with Crippen LogP contribution < -0.4 is 10.6 Å². The zero-order chi connectivity index (χ0) is 15.8. The maximum absolute atomic E-state index is 11.8. The van der Waals surface area contributed by atoms with Crippen molar-refractivity contribution in [2.45, 2.75) is 19.6 Å². The molecule has 0 saturated heterocycles. The smallest absolute Gasteiger partial charge is 0.407 e. The lowest BCUT2D eigenvalue weighted by Crippen LogP contribution is -2.38. The Morgan fingerprint density at radius 1 is 1.18 bits per heavy atom. The van der Waals surface area contributed by atoms with Crippen LogP contribution >= 0.6 is 11.3 Å². The third-order valence-electron chi connectivity index (χ3n) is 2.95. The highest BCUT2D eigenvalue weighted by Crippen LogP contribution is 2.17. The number of alkyl carbamates (subject to hydrolysis) is 1. The number of benzene rings is 1. The third-order valence-corrected chi connectivity index (χ3v) is 4.01. The molecule has 1 atom stereocenters.